The number of nitriles is 1. The van der Waals surface area contributed by atoms with E-state index in [9.17, 15) is 8.42 Å². The minimum Gasteiger partial charge on any atom is -0.399 e. The number of hydrogen-bond donors (Lipinski definition) is 1. The van der Waals surface area contributed by atoms with Crippen LogP contribution in [0, 0.1) is 16.7 Å². The quantitative estimate of drug-likeness (QED) is 0.850. The standard InChI is InChI=1S/C15H21N3O2S/c1-15(2)6-3-8-18(9-7-15)21(19,20)14-5-4-13(17)10-12(14)11-16/h4-5,10H,3,6-9,17H2,1-2H3. The first-order chi connectivity index (χ1) is 9.76. The lowest BCUT2D eigenvalue weighted by Gasteiger charge is -2.23. The number of nitrogen functional groups attached to an aromatic ring is 1. The molecule has 1 heterocycles. The van der Waals surface area contributed by atoms with Crippen LogP contribution in [0.15, 0.2) is 23.1 Å². The highest BCUT2D eigenvalue weighted by atomic mass is 32.2. The van der Waals surface area contributed by atoms with Crippen molar-refractivity contribution in [1.29, 1.82) is 5.26 Å². The van der Waals surface area contributed by atoms with Gasteiger partial charge in [-0.05, 0) is 42.9 Å². The third-order valence-corrected chi connectivity index (χ3v) is 6.00. The molecule has 2 N–H and O–H groups in total. The van der Waals surface area contributed by atoms with Gasteiger partial charge in [0.05, 0.1) is 5.56 Å². The number of hydrogen-bond acceptors (Lipinski definition) is 4. The fourth-order valence-corrected chi connectivity index (χ4v) is 4.24. The van der Waals surface area contributed by atoms with E-state index in [0.29, 0.717) is 18.8 Å². The van der Waals surface area contributed by atoms with Crippen LogP contribution >= 0.6 is 0 Å². The van der Waals surface area contributed by atoms with Gasteiger partial charge in [0.1, 0.15) is 11.0 Å². The summed E-state index contributed by atoms with van der Waals surface area (Å²) in [5, 5.41) is 9.15. The summed E-state index contributed by atoms with van der Waals surface area (Å²) in [7, 11) is -3.64. The molecular weight excluding hydrogens is 286 g/mol. The first kappa shape index (κ1) is 15.8. The number of rotatable bonds is 2. The Morgan fingerprint density at radius 2 is 2.00 bits per heavy atom. The van der Waals surface area contributed by atoms with Crippen LogP contribution in [0.25, 0.3) is 0 Å². The average molecular weight is 307 g/mol. The first-order valence-corrected chi connectivity index (χ1v) is 8.50. The molecular formula is C15H21N3O2S. The minimum atomic E-state index is -3.64. The SMILES string of the molecule is CC1(C)CCCN(S(=O)(=O)c2ccc(N)cc2C#N)CC1. The number of benzene rings is 1. The second kappa shape index (κ2) is 5.66. The molecule has 1 fully saturated rings. The van der Waals surface area contributed by atoms with Crippen LogP contribution in [0.4, 0.5) is 5.69 Å². The maximum atomic E-state index is 12.8. The summed E-state index contributed by atoms with van der Waals surface area (Å²) in [5.41, 5.74) is 6.28. The molecule has 2 rings (SSSR count). The maximum absolute atomic E-state index is 12.8. The van der Waals surface area contributed by atoms with Crippen molar-refractivity contribution in [2.24, 2.45) is 5.41 Å². The Morgan fingerprint density at radius 1 is 1.29 bits per heavy atom. The fraction of sp³-hybridized carbons (Fsp3) is 0.533. The summed E-state index contributed by atoms with van der Waals surface area (Å²) in [6, 6.07) is 6.29. The molecule has 114 valence electrons. The molecule has 0 unspecified atom stereocenters. The van der Waals surface area contributed by atoms with E-state index < -0.39 is 10.0 Å². The van der Waals surface area contributed by atoms with Crippen LogP contribution < -0.4 is 5.73 Å². The van der Waals surface area contributed by atoms with Gasteiger partial charge in [0.15, 0.2) is 0 Å². The van der Waals surface area contributed by atoms with Crippen molar-refractivity contribution in [3.8, 4) is 6.07 Å². The molecule has 0 amide bonds. The summed E-state index contributed by atoms with van der Waals surface area (Å²) >= 11 is 0. The van der Waals surface area contributed by atoms with Crippen molar-refractivity contribution < 1.29 is 8.42 Å². The predicted octanol–water partition coefficient (Wildman–Crippen LogP) is 2.34. The van der Waals surface area contributed by atoms with E-state index >= 15 is 0 Å². The molecule has 6 heteroatoms. The first-order valence-electron chi connectivity index (χ1n) is 7.06. The number of nitrogens with two attached hydrogens (primary N) is 1. The van der Waals surface area contributed by atoms with E-state index in [1.54, 1.807) is 0 Å². The van der Waals surface area contributed by atoms with Gasteiger partial charge in [-0.3, -0.25) is 0 Å². The van der Waals surface area contributed by atoms with Crippen molar-refractivity contribution in [2.75, 3.05) is 18.8 Å². The number of nitrogens with zero attached hydrogens (tertiary/aromatic N) is 2. The number of sulfonamides is 1. The predicted molar refractivity (Wildman–Crippen MR) is 82.0 cm³/mol. The van der Waals surface area contributed by atoms with Gasteiger partial charge in [-0.15, -0.1) is 0 Å². The third-order valence-electron chi connectivity index (χ3n) is 4.04. The topological polar surface area (TPSA) is 87.2 Å². The van der Waals surface area contributed by atoms with Crippen LogP contribution in [-0.4, -0.2) is 25.8 Å². The zero-order valence-corrected chi connectivity index (χ0v) is 13.3. The van der Waals surface area contributed by atoms with Crippen molar-refractivity contribution in [1.82, 2.24) is 4.31 Å². The Labute approximate surface area is 126 Å². The second-order valence-electron chi connectivity index (χ2n) is 6.29. The summed E-state index contributed by atoms with van der Waals surface area (Å²) < 4.78 is 27.0. The molecule has 21 heavy (non-hydrogen) atoms. The van der Waals surface area contributed by atoms with Crippen LogP contribution in [-0.2, 0) is 10.0 Å². The van der Waals surface area contributed by atoms with Gasteiger partial charge in [-0.25, -0.2) is 8.42 Å². The highest BCUT2D eigenvalue weighted by Crippen LogP contribution is 2.32. The van der Waals surface area contributed by atoms with Crippen LogP contribution in [0.1, 0.15) is 38.7 Å². The minimum absolute atomic E-state index is 0.0545. The van der Waals surface area contributed by atoms with Gasteiger partial charge < -0.3 is 5.73 Å². The molecule has 0 aromatic heterocycles. The lowest BCUT2D eigenvalue weighted by molar-refractivity contribution is 0.315. The normalized spacial score (nSPS) is 19.7. The molecule has 0 spiro atoms. The van der Waals surface area contributed by atoms with Crippen LogP contribution in [0.2, 0.25) is 0 Å². The zero-order chi connectivity index (χ0) is 15.7. The van der Waals surface area contributed by atoms with Gasteiger partial charge in [-0.2, -0.15) is 9.57 Å². The van der Waals surface area contributed by atoms with Crippen molar-refractivity contribution in [2.45, 2.75) is 38.0 Å². The average Bonchev–Trinajstić information content (AvgIpc) is 2.59. The molecule has 0 saturated carbocycles. The molecule has 0 aliphatic carbocycles. The number of anilines is 1. The lowest BCUT2D eigenvalue weighted by Crippen LogP contribution is -2.33. The van der Waals surface area contributed by atoms with E-state index in [2.05, 4.69) is 13.8 Å². The van der Waals surface area contributed by atoms with Crippen LogP contribution in [0.3, 0.4) is 0 Å². The Kier molecular flexibility index (Phi) is 4.26. The Morgan fingerprint density at radius 3 is 2.67 bits per heavy atom. The molecule has 0 atom stereocenters. The summed E-state index contributed by atoms with van der Waals surface area (Å²) in [5.74, 6) is 0. The monoisotopic (exact) mass is 307 g/mol. The third kappa shape index (κ3) is 3.36. The van der Waals surface area contributed by atoms with E-state index in [1.807, 2.05) is 6.07 Å². The van der Waals surface area contributed by atoms with E-state index in [0.717, 1.165) is 19.3 Å². The molecule has 1 saturated heterocycles. The maximum Gasteiger partial charge on any atom is 0.244 e. The Bertz CT molecular complexity index is 675. The van der Waals surface area contributed by atoms with Crippen molar-refractivity contribution in [3.63, 3.8) is 0 Å². The molecule has 1 aromatic carbocycles. The van der Waals surface area contributed by atoms with E-state index in [1.165, 1.54) is 22.5 Å². The highest BCUT2D eigenvalue weighted by Gasteiger charge is 2.31. The highest BCUT2D eigenvalue weighted by molar-refractivity contribution is 7.89. The van der Waals surface area contributed by atoms with E-state index in [-0.39, 0.29) is 15.9 Å². The van der Waals surface area contributed by atoms with Crippen LogP contribution in [0.5, 0.6) is 0 Å². The van der Waals surface area contributed by atoms with Crippen molar-refractivity contribution in [3.05, 3.63) is 23.8 Å². The smallest absolute Gasteiger partial charge is 0.244 e. The Balaban J connectivity index is 2.37. The van der Waals surface area contributed by atoms with Gasteiger partial charge in [0, 0.05) is 18.8 Å². The lowest BCUT2D eigenvalue weighted by atomic mass is 9.85. The molecule has 1 aliphatic rings. The summed E-state index contributed by atoms with van der Waals surface area (Å²) in [6.45, 7) is 5.31. The fourth-order valence-electron chi connectivity index (χ4n) is 2.64. The van der Waals surface area contributed by atoms with E-state index in [4.69, 9.17) is 11.0 Å². The molecule has 5 nitrogen and oxygen atoms in total. The van der Waals surface area contributed by atoms with Gasteiger partial charge in [-0.1, -0.05) is 13.8 Å². The van der Waals surface area contributed by atoms with Crippen molar-refractivity contribution >= 4 is 15.7 Å². The van der Waals surface area contributed by atoms with Gasteiger partial charge in [0.25, 0.3) is 0 Å². The van der Waals surface area contributed by atoms with Gasteiger partial charge >= 0.3 is 0 Å². The molecule has 1 aromatic rings. The molecule has 1 aliphatic heterocycles. The zero-order valence-electron chi connectivity index (χ0n) is 12.5. The Hall–Kier alpha value is -1.58. The summed E-state index contributed by atoms with van der Waals surface area (Å²) in [4.78, 5) is 0.0545. The second-order valence-corrected chi connectivity index (χ2v) is 8.20. The molecule has 0 bridgehead atoms. The summed E-state index contributed by atoms with van der Waals surface area (Å²) in [6.07, 6.45) is 2.66. The molecule has 0 radical (unpaired) electrons. The van der Waals surface area contributed by atoms with Gasteiger partial charge in [0.2, 0.25) is 10.0 Å². The largest absolute Gasteiger partial charge is 0.399 e.